The Bertz CT molecular complexity index is 3560. The summed E-state index contributed by atoms with van der Waals surface area (Å²) in [7, 11) is 0. The zero-order valence-corrected chi connectivity index (χ0v) is 34.8. The van der Waals surface area contributed by atoms with Crippen molar-refractivity contribution >= 4 is 31.5 Å². The largest absolute Gasteiger partial charge is 0.456 e. The molecule has 13 rings (SSSR count). The van der Waals surface area contributed by atoms with Gasteiger partial charge >= 0.3 is 0 Å². The fourth-order valence-corrected chi connectivity index (χ4v) is 11.5. The van der Waals surface area contributed by atoms with Crippen LogP contribution >= 0.6 is 11.3 Å². The topological polar surface area (TPSA) is 35.0 Å². The van der Waals surface area contributed by atoms with E-state index >= 15 is 0 Å². The normalized spacial score (nSPS) is 13.0. The molecule has 3 heterocycles. The lowest BCUT2D eigenvalue weighted by atomic mass is 9.66. The third-order valence-corrected chi connectivity index (χ3v) is 14.2. The molecule has 0 radical (unpaired) electrons. The SMILES string of the molecule is c1ccc(-c2ccc(-c3ccccc3-c3cc(-c4cccc5c4sc4ccccc45)nc(-c4cccc5c4Oc4ccccc4C54c5ccccc5-c5ccccc54)n3)cc2)cc1. The third-order valence-electron chi connectivity index (χ3n) is 13.0. The molecule has 11 aromatic rings. The van der Waals surface area contributed by atoms with Crippen LogP contribution in [0.25, 0.3) is 87.5 Å². The molecule has 2 aromatic heterocycles. The van der Waals surface area contributed by atoms with E-state index in [1.165, 1.54) is 53.6 Å². The second-order valence-corrected chi connectivity index (χ2v) is 17.4. The van der Waals surface area contributed by atoms with Crippen molar-refractivity contribution < 1.29 is 4.74 Å². The van der Waals surface area contributed by atoms with Gasteiger partial charge in [-0.2, -0.15) is 0 Å². The van der Waals surface area contributed by atoms with Gasteiger partial charge in [0.15, 0.2) is 5.82 Å². The Labute approximate surface area is 369 Å². The van der Waals surface area contributed by atoms with Gasteiger partial charge in [0.05, 0.1) is 22.4 Å². The van der Waals surface area contributed by atoms with Crippen LogP contribution in [0.5, 0.6) is 11.5 Å². The smallest absolute Gasteiger partial charge is 0.164 e. The maximum atomic E-state index is 7.14. The molecule has 4 heteroatoms. The van der Waals surface area contributed by atoms with Gasteiger partial charge in [-0.05, 0) is 68.8 Å². The van der Waals surface area contributed by atoms with E-state index in [0.29, 0.717) is 5.82 Å². The Balaban J connectivity index is 1.06. The molecular weight excluding hydrogens is 785 g/mol. The first-order valence-corrected chi connectivity index (χ1v) is 22.2. The van der Waals surface area contributed by atoms with Crippen LogP contribution < -0.4 is 4.74 Å². The first kappa shape index (κ1) is 35.8. The van der Waals surface area contributed by atoms with Crippen LogP contribution in [0.1, 0.15) is 22.3 Å². The molecule has 1 aliphatic heterocycles. The summed E-state index contributed by atoms with van der Waals surface area (Å²) in [5, 5.41) is 2.48. The second kappa shape index (κ2) is 14.1. The minimum absolute atomic E-state index is 0.602. The van der Waals surface area contributed by atoms with Crippen molar-refractivity contribution in [2.75, 3.05) is 0 Å². The summed E-state index contributed by atoms with van der Waals surface area (Å²) in [5.41, 5.74) is 15.9. The molecule has 9 aromatic carbocycles. The number of aromatic nitrogens is 2. The van der Waals surface area contributed by atoms with Crippen LogP contribution in [-0.4, -0.2) is 9.97 Å². The van der Waals surface area contributed by atoms with E-state index in [-0.39, 0.29) is 0 Å². The number of thiophene rings is 1. The Morgan fingerprint density at radius 1 is 0.365 bits per heavy atom. The fraction of sp³-hybridized carbons (Fsp3) is 0.0169. The zero-order chi connectivity index (χ0) is 41.5. The van der Waals surface area contributed by atoms with Crippen molar-refractivity contribution in [2.45, 2.75) is 5.41 Å². The van der Waals surface area contributed by atoms with Gasteiger partial charge in [-0.15, -0.1) is 11.3 Å². The van der Waals surface area contributed by atoms with Crippen molar-refractivity contribution in [1.29, 1.82) is 0 Å². The predicted octanol–water partition coefficient (Wildman–Crippen LogP) is 15.6. The van der Waals surface area contributed by atoms with E-state index in [1.807, 2.05) is 11.3 Å². The predicted molar refractivity (Wildman–Crippen MR) is 259 cm³/mol. The lowest BCUT2D eigenvalue weighted by Crippen LogP contribution is -2.32. The van der Waals surface area contributed by atoms with E-state index in [2.05, 4.69) is 218 Å². The molecule has 0 N–H and O–H groups in total. The van der Waals surface area contributed by atoms with Gasteiger partial charge in [-0.3, -0.25) is 0 Å². The molecule has 3 nitrogen and oxygen atoms in total. The number of hydrogen-bond donors (Lipinski definition) is 0. The van der Waals surface area contributed by atoms with Gasteiger partial charge < -0.3 is 4.74 Å². The monoisotopic (exact) mass is 820 g/mol. The van der Waals surface area contributed by atoms with Crippen LogP contribution in [-0.2, 0) is 5.41 Å². The molecule has 63 heavy (non-hydrogen) atoms. The fourth-order valence-electron chi connectivity index (χ4n) is 10.3. The molecule has 1 aliphatic carbocycles. The maximum Gasteiger partial charge on any atom is 0.164 e. The van der Waals surface area contributed by atoms with E-state index in [9.17, 15) is 0 Å². The Morgan fingerprint density at radius 3 is 1.67 bits per heavy atom. The van der Waals surface area contributed by atoms with E-state index in [4.69, 9.17) is 14.7 Å². The van der Waals surface area contributed by atoms with Crippen LogP contribution in [0.3, 0.4) is 0 Å². The number of benzene rings is 9. The van der Waals surface area contributed by atoms with Gasteiger partial charge in [0.2, 0.25) is 0 Å². The quantitative estimate of drug-likeness (QED) is 0.173. The molecule has 294 valence electrons. The summed E-state index contributed by atoms with van der Waals surface area (Å²) >= 11 is 1.82. The van der Waals surface area contributed by atoms with Gasteiger partial charge in [0.1, 0.15) is 11.5 Å². The number of para-hydroxylation sites is 2. The summed E-state index contributed by atoms with van der Waals surface area (Å²) in [6.07, 6.45) is 0. The van der Waals surface area contributed by atoms with Gasteiger partial charge in [0, 0.05) is 42.4 Å². The van der Waals surface area contributed by atoms with Gasteiger partial charge in [-0.1, -0.05) is 194 Å². The lowest BCUT2D eigenvalue weighted by molar-refractivity contribution is 0.437. The summed E-state index contributed by atoms with van der Waals surface area (Å²) < 4.78 is 9.60. The number of hydrogen-bond acceptors (Lipinski definition) is 4. The maximum absolute atomic E-state index is 7.14. The van der Waals surface area contributed by atoms with Crippen molar-refractivity contribution in [2.24, 2.45) is 0 Å². The lowest BCUT2D eigenvalue weighted by Gasteiger charge is -2.39. The van der Waals surface area contributed by atoms with Crippen LogP contribution in [0.2, 0.25) is 0 Å². The second-order valence-electron chi connectivity index (χ2n) is 16.4. The molecule has 0 saturated carbocycles. The average molecular weight is 821 g/mol. The highest BCUT2D eigenvalue weighted by Crippen LogP contribution is 2.63. The highest BCUT2D eigenvalue weighted by Gasteiger charge is 2.51. The van der Waals surface area contributed by atoms with Crippen molar-refractivity contribution in [1.82, 2.24) is 9.97 Å². The third kappa shape index (κ3) is 5.38. The minimum atomic E-state index is -0.602. The highest BCUT2D eigenvalue weighted by atomic mass is 32.1. The van der Waals surface area contributed by atoms with Crippen LogP contribution in [0, 0.1) is 0 Å². The molecule has 1 spiro atoms. The molecule has 0 atom stereocenters. The summed E-state index contributed by atoms with van der Waals surface area (Å²) in [4.78, 5) is 11.1. The van der Waals surface area contributed by atoms with Crippen molar-refractivity contribution in [3.8, 4) is 78.8 Å². The number of ether oxygens (including phenoxy) is 1. The van der Waals surface area contributed by atoms with E-state index < -0.39 is 5.41 Å². The van der Waals surface area contributed by atoms with E-state index in [0.717, 1.165) is 61.8 Å². The molecular formula is C59H36N2OS. The molecule has 2 aliphatic rings. The number of rotatable bonds is 5. The van der Waals surface area contributed by atoms with E-state index in [1.54, 1.807) is 0 Å². The number of fused-ring (bicyclic) bond motifs is 12. The molecule has 0 bridgehead atoms. The highest BCUT2D eigenvalue weighted by molar-refractivity contribution is 7.26. The van der Waals surface area contributed by atoms with Crippen molar-refractivity contribution in [3.05, 3.63) is 241 Å². The first-order valence-electron chi connectivity index (χ1n) is 21.4. The van der Waals surface area contributed by atoms with Crippen LogP contribution in [0.4, 0.5) is 0 Å². The minimum Gasteiger partial charge on any atom is -0.456 e. The Hall–Kier alpha value is -7.92. The molecule has 0 saturated heterocycles. The summed E-state index contributed by atoms with van der Waals surface area (Å²) in [6.45, 7) is 0. The van der Waals surface area contributed by atoms with Crippen molar-refractivity contribution in [3.63, 3.8) is 0 Å². The first-order chi connectivity index (χ1) is 31.2. The standard InChI is InChI=1S/C59H36N2OS/c1-2-16-37(17-3-1)38-32-34-39(35-33-38)40-18-4-5-21-43(40)52-36-53(46-24-14-23-45-44-22-8-13-31-55(44)63-57(45)46)61-58(60-52)47-25-15-29-51-56(47)62-54-30-12-11-28-50(54)59(51)48-26-9-6-19-41(48)42-20-7-10-27-49(42)59/h1-36H. The Morgan fingerprint density at radius 2 is 0.889 bits per heavy atom. The van der Waals surface area contributed by atoms with Gasteiger partial charge in [-0.25, -0.2) is 9.97 Å². The molecule has 0 amide bonds. The summed E-state index contributed by atoms with van der Waals surface area (Å²) in [5.74, 6) is 2.22. The Kier molecular flexibility index (Phi) is 7.99. The number of nitrogens with zero attached hydrogens (tertiary/aromatic N) is 2. The molecule has 0 fully saturated rings. The van der Waals surface area contributed by atoms with Crippen LogP contribution in [0.15, 0.2) is 218 Å². The summed E-state index contributed by atoms with van der Waals surface area (Å²) in [6, 6.07) is 78.2. The molecule has 0 unspecified atom stereocenters. The van der Waals surface area contributed by atoms with Gasteiger partial charge in [0.25, 0.3) is 0 Å². The average Bonchev–Trinajstić information content (AvgIpc) is 3.88. The zero-order valence-electron chi connectivity index (χ0n) is 34.0.